The molecule has 0 heterocycles. The lowest BCUT2D eigenvalue weighted by molar-refractivity contribution is -0.760. The Balaban J connectivity index is 4.77. The average Bonchev–Trinajstić information content (AvgIpc) is 2.31. The molecule has 0 bridgehead atoms. The summed E-state index contributed by atoms with van der Waals surface area (Å²) in [6, 6.07) is 0. The Bertz CT molecular complexity index is 296. The molecular weight excluding hydrogens is 244 g/mol. The molecule has 1 atom stereocenters. The number of nitrogens with two attached hydrogens (primary N) is 1. The van der Waals surface area contributed by atoms with Crippen LogP contribution in [0.5, 0.6) is 0 Å². The maximum Gasteiger partial charge on any atom is 0.456 e. The first-order chi connectivity index (χ1) is 8.10. The van der Waals surface area contributed by atoms with Crippen LogP contribution in [0.4, 0.5) is 0 Å². The van der Waals surface area contributed by atoms with E-state index in [1.807, 2.05) is 5.34 Å². The van der Waals surface area contributed by atoms with Gasteiger partial charge < -0.3 is 14.5 Å². The van der Waals surface area contributed by atoms with Crippen molar-refractivity contribution in [3.05, 3.63) is 19.9 Å². The van der Waals surface area contributed by atoms with E-state index in [4.69, 9.17) is 5.90 Å². The van der Waals surface area contributed by atoms with E-state index >= 15 is 0 Å². The Labute approximate surface area is 93.2 Å². The first-order valence-electron chi connectivity index (χ1n) is 3.96. The molecule has 0 aliphatic rings. The topological polar surface area (TPSA) is 167 Å². The SMILES string of the molecule is NOCC(C=[O+]N=O)(CON=O)CO[N+](=O)[O-]. The van der Waals surface area contributed by atoms with Crippen molar-refractivity contribution in [1.29, 1.82) is 0 Å². The van der Waals surface area contributed by atoms with Gasteiger partial charge in [-0.05, 0) is 0 Å². The molecule has 0 spiro atoms. The molecule has 0 aliphatic heterocycles. The number of rotatable bonds is 10. The molecule has 0 amide bonds. The summed E-state index contributed by atoms with van der Waals surface area (Å²) in [5.41, 5.74) is -1.48. The zero-order valence-corrected chi connectivity index (χ0v) is 8.38. The number of hydrogen-bond acceptors (Lipinski definition) is 10. The van der Waals surface area contributed by atoms with Gasteiger partial charge in [-0.2, -0.15) is 4.53 Å². The van der Waals surface area contributed by atoms with Crippen LogP contribution in [0.3, 0.4) is 0 Å². The van der Waals surface area contributed by atoms with Crippen LogP contribution >= 0.6 is 0 Å². The summed E-state index contributed by atoms with van der Waals surface area (Å²) in [6.45, 7) is -1.55. The molecule has 0 radical (unpaired) electrons. The van der Waals surface area contributed by atoms with E-state index < -0.39 is 30.3 Å². The van der Waals surface area contributed by atoms with Crippen molar-refractivity contribution in [3.63, 3.8) is 0 Å². The van der Waals surface area contributed by atoms with Crippen LogP contribution in [0, 0.1) is 25.3 Å². The lowest BCUT2D eigenvalue weighted by Gasteiger charge is -2.21. The predicted molar refractivity (Wildman–Crippen MR) is 49.1 cm³/mol. The fourth-order valence-corrected chi connectivity index (χ4v) is 0.863. The number of nitrogens with zero attached hydrogens (tertiary/aromatic N) is 3. The van der Waals surface area contributed by atoms with E-state index in [1.54, 1.807) is 0 Å². The van der Waals surface area contributed by atoms with Crippen molar-refractivity contribution >= 4 is 6.29 Å². The van der Waals surface area contributed by atoms with E-state index in [2.05, 4.69) is 24.4 Å². The van der Waals surface area contributed by atoms with Crippen LogP contribution in [0.25, 0.3) is 0 Å². The molecular formula is C5H9N4O8+. The van der Waals surface area contributed by atoms with Crippen molar-refractivity contribution in [1.82, 2.24) is 0 Å². The Kier molecular flexibility index (Phi) is 6.96. The van der Waals surface area contributed by atoms with Crippen LogP contribution in [-0.2, 0) is 19.0 Å². The van der Waals surface area contributed by atoms with Gasteiger partial charge in [0.05, 0.1) is 6.61 Å². The number of aldehydes is 1. The lowest BCUT2D eigenvalue weighted by atomic mass is 9.94. The second-order valence-electron chi connectivity index (χ2n) is 2.82. The molecule has 96 valence electrons. The van der Waals surface area contributed by atoms with Gasteiger partial charge in [-0.1, -0.05) is 0 Å². The van der Waals surface area contributed by atoms with Gasteiger partial charge in [0.2, 0.25) is 11.2 Å². The molecule has 12 nitrogen and oxygen atoms in total. The third kappa shape index (κ3) is 6.06. The molecule has 0 aromatic rings. The van der Waals surface area contributed by atoms with Gasteiger partial charge in [-0.25, -0.2) is 5.90 Å². The number of hydrogen-bond donors (Lipinski definition) is 1. The monoisotopic (exact) mass is 253 g/mol. The molecule has 2 N–H and O–H groups in total. The Morgan fingerprint density at radius 3 is 2.59 bits per heavy atom. The molecule has 12 heteroatoms. The summed E-state index contributed by atoms with van der Waals surface area (Å²) < 4.78 is 4.06. The highest BCUT2D eigenvalue weighted by atomic mass is 17.0. The summed E-state index contributed by atoms with van der Waals surface area (Å²) in [6.07, 6.45) is 0.738. The predicted octanol–water partition coefficient (Wildman–Crippen LogP) is -0.815. The van der Waals surface area contributed by atoms with E-state index in [-0.39, 0.29) is 0 Å². The fourth-order valence-electron chi connectivity index (χ4n) is 0.863. The second kappa shape index (κ2) is 8.00. The molecule has 0 saturated heterocycles. The second-order valence-corrected chi connectivity index (χ2v) is 2.82. The van der Waals surface area contributed by atoms with Gasteiger partial charge in [0, 0.05) is 0 Å². The van der Waals surface area contributed by atoms with E-state index in [0.717, 1.165) is 6.29 Å². The summed E-state index contributed by atoms with van der Waals surface area (Å²) in [4.78, 5) is 42.1. The molecule has 1 unspecified atom stereocenters. The highest BCUT2D eigenvalue weighted by Gasteiger charge is 2.37. The smallest absolute Gasteiger partial charge is 0.363 e. The average molecular weight is 253 g/mol. The van der Waals surface area contributed by atoms with Crippen molar-refractivity contribution in [2.75, 3.05) is 19.8 Å². The molecule has 0 aliphatic carbocycles. The minimum atomic E-state index is -1.48. The van der Waals surface area contributed by atoms with Crippen LogP contribution < -0.4 is 5.90 Å². The van der Waals surface area contributed by atoms with Crippen molar-refractivity contribution in [2.45, 2.75) is 0 Å². The lowest BCUT2D eigenvalue weighted by Crippen LogP contribution is -2.40. The van der Waals surface area contributed by atoms with Crippen LogP contribution in [0.2, 0.25) is 0 Å². The van der Waals surface area contributed by atoms with Gasteiger partial charge in [0.1, 0.15) is 18.6 Å². The maximum atomic E-state index is 10.0. The molecule has 0 fully saturated rings. The molecule has 0 aromatic heterocycles. The van der Waals surface area contributed by atoms with E-state index in [9.17, 15) is 19.9 Å². The number of carbonyl (C=O) groups excluding carboxylic acids is 1. The van der Waals surface area contributed by atoms with Crippen LogP contribution in [-0.4, -0.2) is 31.2 Å². The quantitative estimate of drug-likeness (QED) is 0.173. The van der Waals surface area contributed by atoms with Gasteiger partial charge >= 0.3 is 5.34 Å². The minimum absolute atomic E-state index is 0.397. The Morgan fingerprint density at radius 1 is 1.41 bits per heavy atom. The van der Waals surface area contributed by atoms with Gasteiger partial charge in [0.25, 0.3) is 5.09 Å². The zero-order valence-electron chi connectivity index (χ0n) is 8.38. The molecule has 0 saturated carbocycles. The molecule has 17 heavy (non-hydrogen) atoms. The van der Waals surface area contributed by atoms with Gasteiger partial charge in [-0.3, -0.25) is 0 Å². The van der Waals surface area contributed by atoms with Gasteiger partial charge in [0.15, 0.2) is 5.34 Å². The minimum Gasteiger partial charge on any atom is -0.363 e. The highest BCUT2D eigenvalue weighted by molar-refractivity contribution is 5.60. The largest absolute Gasteiger partial charge is 0.456 e. The zero-order chi connectivity index (χ0) is 13.1. The first kappa shape index (κ1) is 14.8. The van der Waals surface area contributed by atoms with E-state index in [0.29, 0.717) is 0 Å². The Hall–Kier alpha value is -2.21. The summed E-state index contributed by atoms with van der Waals surface area (Å²) in [7, 11) is 0. The maximum absolute atomic E-state index is 10.0. The third-order valence-electron chi connectivity index (χ3n) is 1.58. The summed E-state index contributed by atoms with van der Waals surface area (Å²) >= 11 is 0. The standard InChI is InChI=1S/C5H9N4O8/c6-14-1-5(2-15-7-10,3-16-8-11)4-17-9(12)13/h2H,1,3-4,6H2/q+1. The van der Waals surface area contributed by atoms with Crippen molar-refractivity contribution in [3.8, 4) is 0 Å². The molecule has 0 rings (SSSR count). The van der Waals surface area contributed by atoms with Gasteiger partial charge in [-0.15, -0.1) is 15.0 Å². The first-order valence-corrected chi connectivity index (χ1v) is 3.96. The van der Waals surface area contributed by atoms with Crippen molar-refractivity contribution < 1.29 is 24.1 Å². The molecule has 0 aromatic carbocycles. The fraction of sp³-hybridized carbons (Fsp3) is 0.800. The van der Waals surface area contributed by atoms with Crippen molar-refractivity contribution in [2.24, 2.45) is 22.0 Å². The van der Waals surface area contributed by atoms with Crippen LogP contribution in [0.1, 0.15) is 0 Å². The summed E-state index contributed by atoms with van der Waals surface area (Å²) in [5.74, 6) is 4.79. The van der Waals surface area contributed by atoms with E-state index in [1.165, 1.54) is 0 Å². The summed E-state index contributed by atoms with van der Waals surface area (Å²) in [5, 5.41) is 13.1. The Morgan fingerprint density at radius 2 is 2.12 bits per heavy atom. The van der Waals surface area contributed by atoms with Crippen LogP contribution in [0.15, 0.2) is 10.7 Å². The third-order valence-corrected chi connectivity index (χ3v) is 1.58. The highest BCUT2D eigenvalue weighted by Crippen LogP contribution is 2.16. The normalized spacial score (nSPS) is 13.9.